The number of para-hydroxylation sites is 9. The Balaban J connectivity index is 1.16. The lowest BCUT2D eigenvalue weighted by molar-refractivity contribution is -0.139. The summed E-state index contributed by atoms with van der Waals surface area (Å²) in [5.41, 5.74) is -28.7. The summed E-state index contributed by atoms with van der Waals surface area (Å²) in [7, 11) is 0. The molecule has 0 unspecified atom stereocenters. The molecule has 0 radical (unpaired) electrons. The van der Waals surface area contributed by atoms with Gasteiger partial charge in [-0.05, 0) is 147 Å². The molecule has 0 spiro atoms. The summed E-state index contributed by atoms with van der Waals surface area (Å²) in [5.74, 6) is 0. The van der Waals surface area contributed by atoms with Gasteiger partial charge in [-0.1, -0.05) is 247 Å². The molecule has 96 heavy (non-hydrogen) atoms. The lowest BCUT2D eigenvalue weighted by Gasteiger charge is -2.47. The van der Waals surface area contributed by atoms with Gasteiger partial charge in [0.05, 0.1) is 88.4 Å². The second-order valence-electron chi connectivity index (χ2n) is 21.1. The SMILES string of the molecule is [2H]c1c([2H])c([2H])c(-c2cccc(-c3c([2H])c([2H])c([2H])c([2H])c3[2H])c2N2c3cc(N(c4c([2H])c([2H])c([2H])c([2H])c4[2H])c4c([2H])c([2H])c([2H])c([2H])c4[2H])cc4c3B(c3cc5c(c(C(F)(F)F)c32)Sc2cc(N(c3c([2H])c([2H])c([2H])c([2H])c3[2H])c3c([2H])c([2H])c([2H])c([2H])c3[2H])cc3c2B5c2c([2H])c([2H])c([2H])c([2H])c2N3c2c([2H])c([2H])c([2H])c([2H])c2[2H])c2c([2H])c([2H])c([2H])c([2H])c2N4c2c([2H])c([2H])c([2H])c([2H])c2[2H])c([2H])c1[2H]. The van der Waals surface area contributed by atoms with Crippen LogP contribution in [0.3, 0.4) is 0 Å². The van der Waals surface area contributed by atoms with Crippen LogP contribution in [-0.2, 0) is 6.18 Å². The fourth-order valence-electron chi connectivity index (χ4n) is 12.7. The van der Waals surface area contributed by atoms with Crippen LogP contribution in [0.15, 0.2) is 348 Å². The Labute approximate surface area is 628 Å². The Morgan fingerprint density at radius 3 is 1.14 bits per heavy atom. The van der Waals surface area contributed by atoms with E-state index in [0.29, 0.717) is 30.6 Å². The zero-order valence-electron chi connectivity index (χ0n) is 96.1. The van der Waals surface area contributed by atoms with E-state index >= 15 is 13.2 Å². The first-order valence-corrected chi connectivity index (χ1v) is 29.3. The number of halogens is 3. The van der Waals surface area contributed by atoms with Gasteiger partial charge in [-0.2, -0.15) is 13.2 Å². The second kappa shape index (κ2) is 23.1. The number of alkyl halides is 3. The minimum Gasteiger partial charge on any atom is -0.311 e. The molecule has 4 heterocycles. The largest absolute Gasteiger partial charge is 0.419 e. The van der Waals surface area contributed by atoms with Gasteiger partial charge in [0.2, 0.25) is 6.71 Å². The number of anilines is 15. The third kappa shape index (κ3) is 9.28. The quantitative estimate of drug-likeness (QED) is 0.119. The first kappa shape index (κ1) is 26.3. The summed E-state index contributed by atoms with van der Waals surface area (Å²) in [4.78, 5) is 0.397. The monoisotopic (exact) mass is 1310 g/mol. The highest BCUT2D eigenvalue weighted by atomic mass is 32.2. The molecule has 0 N–H and O–H groups in total. The number of benzene rings is 14. The first-order chi connectivity index (χ1) is 67.2. The van der Waals surface area contributed by atoms with E-state index < -0.39 is 465 Å². The van der Waals surface area contributed by atoms with Gasteiger partial charge in [0.15, 0.2) is 0 Å². The lowest BCUT2D eigenvalue weighted by atomic mass is 9.30. The average Bonchev–Trinajstić information content (AvgIpc) is 0.664. The highest BCUT2D eigenvalue weighted by Gasteiger charge is 2.53. The maximum atomic E-state index is 19.9. The van der Waals surface area contributed by atoms with Crippen LogP contribution in [0.25, 0.3) is 22.3 Å². The van der Waals surface area contributed by atoms with Gasteiger partial charge >= 0.3 is 6.18 Å². The highest BCUT2D eigenvalue weighted by molar-refractivity contribution is 8.00. The van der Waals surface area contributed by atoms with Crippen molar-refractivity contribution in [3.63, 3.8) is 0 Å². The van der Waals surface area contributed by atoms with Gasteiger partial charge in [-0.15, -0.1) is 0 Å². The molecular formula is C85H56B2F3N5S. The van der Waals surface area contributed by atoms with E-state index in [2.05, 4.69) is 0 Å². The van der Waals surface area contributed by atoms with Crippen molar-refractivity contribution in [2.45, 2.75) is 16.0 Å². The van der Waals surface area contributed by atoms with Crippen molar-refractivity contribution in [2.75, 3.05) is 24.5 Å². The maximum Gasteiger partial charge on any atom is 0.419 e. The fourth-order valence-corrected chi connectivity index (χ4v) is 14.1. The Kier molecular flexibility index (Phi) is 6.33. The molecule has 5 nitrogen and oxygen atoms in total. The Hall–Kier alpha value is -11.7. The number of hydrogen-bond acceptors (Lipinski definition) is 6. The average molecular weight is 1310 g/mol. The van der Waals surface area contributed by atoms with E-state index in [0.717, 1.165) is 42.5 Å². The number of hydrogen-bond donors (Lipinski definition) is 0. The van der Waals surface area contributed by atoms with Gasteiger partial charge in [0.1, 0.15) is 0 Å². The van der Waals surface area contributed by atoms with Gasteiger partial charge in [0.25, 0.3) is 6.71 Å². The predicted octanol–water partition coefficient (Wildman–Crippen LogP) is 19.8. The van der Waals surface area contributed by atoms with Crippen LogP contribution in [0.4, 0.5) is 98.5 Å². The minimum atomic E-state index is -6.36. The van der Waals surface area contributed by atoms with E-state index in [1.807, 2.05) is 0 Å². The predicted molar refractivity (Wildman–Crippen MR) is 396 cm³/mol. The number of fused-ring (bicyclic) bond motifs is 8. The molecule has 14 aromatic rings. The van der Waals surface area contributed by atoms with Crippen molar-refractivity contribution >= 4 is 143 Å². The number of rotatable bonds is 11. The zero-order valence-corrected chi connectivity index (χ0v) is 48.9. The van der Waals surface area contributed by atoms with Crippen LogP contribution in [0, 0.1) is 0 Å². The van der Waals surface area contributed by atoms with Crippen LogP contribution >= 0.6 is 11.8 Å². The lowest BCUT2D eigenvalue weighted by Crippen LogP contribution is -2.65. The molecule has 0 saturated carbocycles. The van der Waals surface area contributed by atoms with E-state index in [9.17, 15) is 49.3 Å². The van der Waals surface area contributed by atoms with E-state index in [1.54, 1.807) is 0 Å². The summed E-state index contributed by atoms with van der Waals surface area (Å²) in [6.45, 7) is -5.13. The van der Waals surface area contributed by atoms with Crippen LogP contribution in [-0.4, -0.2) is 13.4 Å². The molecule has 0 aromatic heterocycles. The molecule has 18 rings (SSSR count). The molecule has 0 atom stereocenters. The van der Waals surface area contributed by atoms with Crippen LogP contribution in [0.1, 0.15) is 71.4 Å². The normalized spacial score (nSPS) is 20.0. The zero-order chi connectivity index (χ0) is 106. The van der Waals surface area contributed by atoms with Crippen LogP contribution < -0.4 is 57.3 Å². The molecule has 4 aliphatic rings. The van der Waals surface area contributed by atoms with Crippen molar-refractivity contribution in [3.8, 4) is 22.3 Å². The maximum absolute atomic E-state index is 19.9. The van der Waals surface area contributed by atoms with Gasteiger partial charge in [-0.3, -0.25) is 0 Å². The molecule has 0 amide bonds. The molecule has 0 bridgehead atoms. The smallest absolute Gasteiger partial charge is 0.311 e. The molecule has 454 valence electrons. The molecule has 0 aliphatic carbocycles. The van der Waals surface area contributed by atoms with Crippen LogP contribution in [0.5, 0.6) is 0 Å². The summed E-state index contributed by atoms with van der Waals surface area (Å²) in [6.07, 6.45) is -6.36. The third-order valence-electron chi connectivity index (χ3n) is 16.2. The Morgan fingerprint density at radius 1 is 0.333 bits per heavy atom. The Bertz CT molecular complexity index is 7900. The molecular weight excluding hydrogens is 1200 g/mol. The standard InChI is InChI=1S/C85H56B2F3N5S/c88-85(89,90)79-83-71(56-72-84(79)96-78-55-66(92(61-38-17-5-18-39-61)62-40-19-6-20-41-62)54-77-81(78)87(72)70-49-26-28-51-74(70)94(77)64-44-23-8-24-45-64)86-69-48-25-27-50-73(69)93(63-42-21-7-22-43-63)75-52-65(91(59-34-13-3-14-35-59)60-36-15-4-16-37-60)53-76(80(75)86)95(83)82-67(57-30-9-1-10-31-57)46-29-47-68(82)58-32-11-2-12-33-58/h1-56H/i1D,2D,3D,4D,5D,6D,7D,8D,9D,10D,11D,12D,13D,14D,15D,16D,17D,18D,19D,20D,21D,22D,23D,24D,25D,26D,27D,28D,30D,31D,32D,33D,34D,35D,36D,37D,38D,39D,40D,41D,42D,43D,44D,45D,48D,49D,50D,51D. The van der Waals surface area contributed by atoms with Gasteiger partial charge in [-0.25, -0.2) is 0 Å². The van der Waals surface area contributed by atoms with E-state index in [4.69, 9.17) is 16.4 Å². The summed E-state index contributed by atoms with van der Waals surface area (Å²) < 4.78 is 516. The summed E-state index contributed by atoms with van der Waals surface area (Å²) in [6, 6.07) is -53.4. The van der Waals surface area contributed by atoms with Gasteiger partial charge < -0.3 is 24.5 Å². The minimum absolute atomic E-state index is 0.0801. The van der Waals surface area contributed by atoms with Crippen molar-refractivity contribution < 1.29 is 79.0 Å². The highest BCUT2D eigenvalue weighted by Crippen LogP contribution is 2.57. The summed E-state index contributed by atoms with van der Waals surface area (Å²) in [5, 5.41) is 0. The molecule has 14 aromatic carbocycles. The van der Waals surface area contributed by atoms with E-state index in [1.165, 1.54) is 0 Å². The van der Waals surface area contributed by atoms with Crippen LogP contribution in [0.2, 0.25) is 0 Å². The van der Waals surface area contributed by atoms with Crippen molar-refractivity contribution in [1.29, 1.82) is 0 Å². The van der Waals surface area contributed by atoms with Crippen molar-refractivity contribution in [1.82, 2.24) is 0 Å². The molecule has 0 fully saturated rings. The second-order valence-corrected chi connectivity index (χ2v) is 22.1. The third-order valence-corrected chi connectivity index (χ3v) is 17.4. The fraction of sp³-hybridized carbons (Fsp3) is 0.0118. The van der Waals surface area contributed by atoms with Crippen molar-refractivity contribution in [2.24, 2.45) is 0 Å². The Morgan fingerprint density at radius 2 is 0.698 bits per heavy atom. The molecule has 11 heteroatoms. The molecule has 0 saturated heterocycles. The number of nitrogens with zero attached hydrogens (tertiary/aromatic N) is 5. The van der Waals surface area contributed by atoms with E-state index in [-0.39, 0.29) is 11.8 Å². The summed E-state index contributed by atoms with van der Waals surface area (Å²) >= 11 is -0.0801. The van der Waals surface area contributed by atoms with Gasteiger partial charge in [0, 0.05) is 89.2 Å². The first-order valence-electron chi connectivity index (χ1n) is 52.4. The van der Waals surface area contributed by atoms with Crippen molar-refractivity contribution in [3.05, 3.63) is 344 Å². The molecule has 4 aliphatic heterocycles. The topological polar surface area (TPSA) is 16.2 Å².